The van der Waals surface area contributed by atoms with Crippen molar-refractivity contribution >= 4 is 0 Å². The highest BCUT2D eigenvalue weighted by Gasteiger charge is 2.08. The molecule has 70 valence electrons. The van der Waals surface area contributed by atoms with Crippen LogP contribution in [0.4, 0.5) is 0 Å². The van der Waals surface area contributed by atoms with E-state index in [-0.39, 0.29) is 13.2 Å². The van der Waals surface area contributed by atoms with Crippen LogP contribution in [0.15, 0.2) is 12.2 Å². The molecule has 2 nitrogen and oxygen atoms in total. The predicted molar refractivity (Wildman–Crippen MR) is 49.0 cm³/mol. The first-order valence-corrected chi connectivity index (χ1v) is 4.28. The molecule has 2 heteroatoms. The largest absolute Gasteiger partial charge is 0.396 e. The number of aliphatic hydroxyl groups excluding tert-OH is 1. The summed E-state index contributed by atoms with van der Waals surface area (Å²) in [5.74, 6) is -0.466. The monoisotopic (exact) mass is 174 g/mol. The van der Waals surface area contributed by atoms with Crippen molar-refractivity contribution in [2.75, 3.05) is 19.8 Å². The second kappa shape index (κ2) is 6.21. The zero-order chi connectivity index (χ0) is 12.2. The molecule has 1 N–H and O–H groups in total. The maximum absolute atomic E-state index is 8.56. The van der Waals surface area contributed by atoms with E-state index in [1.165, 1.54) is 6.08 Å². The van der Waals surface area contributed by atoms with E-state index in [0.717, 1.165) is 0 Å². The van der Waals surface area contributed by atoms with Crippen molar-refractivity contribution in [2.24, 2.45) is 5.92 Å². The first-order chi connectivity index (χ1) is 7.42. The van der Waals surface area contributed by atoms with Crippen molar-refractivity contribution in [3.05, 3.63) is 12.2 Å². The van der Waals surface area contributed by atoms with E-state index in [1.807, 2.05) is 0 Å². The minimum atomic E-state index is -1.93. The lowest BCUT2D eigenvalue weighted by atomic mass is 9.95. The van der Waals surface area contributed by atoms with Crippen LogP contribution in [0.3, 0.4) is 0 Å². The van der Waals surface area contributed by atoms with Crippen LogP contribution in [0.5, 0.6) is 0 Å². The molecular weight excluding hydrogens is 152 g/mol. The van der Waals surface area contributed by atoms with E-state index in [9.17, 15) is 0 Å². The van der Waals surface area contributed by atoms with Gasteiger partial charge < -0.3 is 9.84 Å². The lowest BCUT2D eigenvalue weighted by Gasteiger charge is -2.17. The van der Waals surface area contributed by atoms with Gasteiger partial charge in [-0.15, -0.1) is 0 Å². The first kappa shape index (κ1) is 5.40. The van der Waals surface area contributed by atoms with Crippen LogP contribution in [0.2, 0.25) is 0 Å². The number of allylic oxidation sites excluding steroid dienone is 2. The van der Waals surface area contributed by atoms with E-state index in [4.69, 9.17) is 15.3 Å². The molecule has 0 aromatic rings. The zero-order valence-corrected chi connectivity index (χ0v) is 7.12. The third-order valence-corrected chi connectivity index (χ3v) is 1.68. The number of ether oxygens (including phenoxy) is 1. The Morgan fingerprint density at radius 1 is 1.58 bits per heavy atom. The van der Waals surface area contributed by atoms with Gasteiger partial charge in [-0.3, -0.25) is 0 Å². The summed E-state index contributed by atoms with van der Waals surface area (Å²) in [6, 6.07) is 0. The Balaban J connectivity index is 2.51. The van der Waals surface area contributed by atoms with E-state index in [2.05, 4.69) is 0 Å². The zero-order valence-electron chi connectivity index (χ0n) is 11.1. The van der Waals surface area contributed by atoms with Gasteiger partial charge in [-0.05, 0) is 31.5 Å². The molecule has 0 saturated heterocycles. The quantitative estimate of drug-likeness (QED) is 0.508. The Kier molecular flexibility index (Phi) is 2.79. The summed E-state index contributed by atoms with van der Waals surface area (Å²) in [4.78, 5) is 0. The molecule has 1 atom stereocenters. The SMILES string of the molecule is [2H]C1([2H])C=CCC(COCCCO)C1([2H])[2H]. The van der Waals surface area contributed by atoms with E-state index in [1.54, 1.807) is 6.08 Å². The molecular formula is C10H18O2. The molecule has 0 saturated carbocycles. The van der Waals surface area contributed by atoms with Crippen LogP contribution in [0, 0.1) is 5.92 Å². The standard InChI is InChI=1S/C10H18O2/c11-7-4-8-12-9-10-5-2-1-3-6-10/h1-2,10-11H,3-9H2/i3D2,6D2. The lowest BCUT2D eigenvalue weighted by Crippen LogP contribution is -2.11. The molecule has 0 fully saturated rings. The van der Waals surface area contributed by atoms with Crippen LogP contribution in [-0.4, -0.2) is 24.9 Å². The highest BCUT2D eigenvalue weighted by molar-refractivity contribution is 4.89. The summed E-state index contributed by atoms with van der Waals surface area (Å²) >= 11 is 0. The molecule has 0 aromatic heterocycles. The Morgan fingerprint density at radius 2 is 2.50 bits per heavy atom. The maximum Gasteiger partial charge on any atom is 0.0497 e. The van der Waals surface area contributed by atoms with E-state index in [0.29, 0.717) is 19.4 Å². The molecule has 1 aliphatic rings. The fourth-order valence-electron chi connectivity index (χ4n) is 1.02. The number of hydrogen-bond donors (Lipinski definition) is 1. The summed E-state index contributed by atoms with van der Waals surface area (Å²) in [6.45, 7) is 0.630. The summed E-state index contributed by atoms with van der Waals surface area (Å²) in [6.07, 6.45) is 0.139. The molecule has 1 unspecified atom stereocenters. The van der Waals surface area contributed by atoms with Crippen LogP contribution >= 0.6 is 0 Å². The van der Waals surface area contributed by atoms with E-state index >= 15 is 0 Å². The van der Waals surface area contributed by atoms with Gasteiger partial charge in [0, 0.05) is 25.3 Å². The van der Waals surface area contributed by atoms with Crippen LogP contribution < -0.4 is 0 Å². The summed E-state index contributed by atoms with van der Waals surface area (Å²) in [5.41, 5.74) is 0. The summed E-state index contributed by atoms with van der Waals surface area (Å²) < 4.78 is 36.0. The number of aliphatic hydroxyl groups is 1. The van der Waals surface area contributed by atoms with Gasteiger partial charge in [-0.25, -0.2) is 0 Å². The average molecular weight is 174 g/mol. The van der Waals surface area contributed by atoms with Gasteiger partial charge in [0.05, 0.1) is 0 Å². The third-order valence-electron chi connectivity index (χ3n) is 1.68. The van der Waals surface area contributed by atoms with Crippen molar-refractivity contribution in [3.8, 4) is 0 Å². The van der Waals surface area contributed by atoms with Crippen molar-refractivity contribution < 1.29 is 15.3 Å². The topological polar surface area (TPSA) is 29.5 Å². The Hall–Kier alpha value is -0.340. The van der Waals surface area contributed by atoms with Gasteiger partial charge in [-0.2, -0.15) is 0 Å². The second-order valence-electron chi connectivity index (χ2n) is 2.78. The molecule has 1 rings (SSSR count). The molecule has 0 bridgehead atoms. The highest BCUT2D eigenvalue weighted by atomic mass is 16.5. The molecule has 12 heavy (non-hydrogen) atoms. The fraction of sp³-hybridized carbons (Fsp3) is 0.800. The minimum Gasteiger partial charge on any atom is -0.396 e. The van der Waals surface area contributed by atoms with Gasteiger partial charge in [0.15, 0.2) is 0 Å². The third kappa shape index (κ3) is 3.88. The fourth-order valence-corrected chi connectivity index (χ4v) is 1.02. The molecule has 0 spiro atoms. The van der Waals surface area contributed by atoms with Crippen molar-refractivity contribution in [1.82, 2.24) is 0 Å². The maximum atomic E-state index is 8.56. The van der Waals surface area contributed by atoms with Gasteiger partial charge >= 0.3 is 0 Å². The molecule has 0 aromatic carbocycles. The van der Waals surface area contributed by atoms with Crippen molar-refractivity contribution in [2.45, 2.75) is 25.6 Å². The molecule has 0 amide bonds. The van der Waals surface area contributed by atoms with Gasteiger partial charge in [-0.1, -0.05) is 12.2 Å². The molecule has 1 aliphatic carbocycles. The lowest BCUT2D eigenvalue weighted by molar-refractivity contribution is 0.0838. The molecule has 0 heterocycles. The number of rotatable bonds is 5. The normalized spacial score (nSPS) is 36.2. The smallest absolute Gasteiger partial charge is 0.0497 e. The van der Waals surface area contributed by atoms with Crippen LogP contribution in [0.1, 0.15) is 31.1 Å². The van der Waals surface area contributed by atoms with Crippen LogP contribution in [-0.2, 0) is 4.74 Å². The second-order valence-corrected chi connectivity index (χ2v) is 2.78. The first-order valence-electron chi connectivity index (χ1n) is 6.28. The van der Waals surface area contributed by atoms with Gasteiger partial charge in [0.1, 0.15) is 0 Å². The molecule has 0 radical (unpaired) electrons. The van der Waals surface area contributed by atoms with Crippen LogP contribution in [0.25, 0.3) is 0 Å². The highest BCUT2D eigenvalue weighted by Crippen LogP contribution is 2.17. The summed E-state index contributed by atoms with van der Waals surface area (Å²) in [7, 11) is 0. The predicted octanol–water partition coefficient (Wildman–Crippen LogP) is 1.74. The Bertz CT molecular complexity index is 253. The van der Waals surface area contributed by atoms with E-state index < -0.39 is 18.7 Å². The van der Waals surface area contributed by atoms with Gasteiger partial charge in [0.25, 0.3) is 0 Å². The summed E-state index contributed by atoms with van der Waals surface area (Å²) in [5, 5.41) is 8.56. The Labute approximate surface area is 79.9 Å². The molecule has 0 aliphatic heterocycles. The minimum absolute atomic E-state index is 0.0539. The Morgan fingerprint density at radius 3 is 3.33 bits per heavy atom. The van der Waals surface area contributed by atoms with Crippen molar-refractivity contribution in [3.63, 3.8) is 0 Å². The van der Waals surface area contributed by atoms with Gasteiger partial charge in [0.2, 0.25) is 0 Å². The number of hydrogen-bond acceptors (Lipinski definition) is 2. The average Bonchev–Trinajstić information content (AvgIpc) is 2.19. The van der Waals surface area contributed by atoms with Crippen molar-refractivity contribution in [1.29, 1.82) is 0 Å².